The molecule has 1 atom stereocenters. The van der Waals surface area contributed by atoms with Crippen molar-refractivity contribution in [1.82, 2.24) is 10.2 Å². The summed E-state index contributed by atoms with van der Waals surface area (Å²) in [5.74, 6) is -0.816. The van der Waals surface area contributed by atoms with Gasteiger partial charge in [0.25, 0.3) is 10.0 Å². The first-order valence-electron chi connectivity index (χ1n) is 12.1. The van der Waals surface area contributed by atoms with Gasteiger partial charge in [-0.15, -0.1) is 0 Å². The first-order chi connectivity index (χ1) is 17.6. The number of sulfonamides is 1. The number of amides is 2. The summed E-state index contributed by atoms with van der Waals surface area (Å²) in [5, 5.41) is 3.17. The lowest BCUT2D eigenvalue weighted by Gasteiger charge is -2.32. The second-order valence-corrected chi connectivity index (χ2v) is 11.1. The number of benzene rings is 3. The number of hydrogen-bond acceptors (Lipinski definition) is 4. The molecule has 0 radical (unpaired) electrons. The van der Waals surface area contributed by atoms with E-state index in [0.717, 1.165) is 21.9 Å². The van der Waals surface area contributed by atoms with Crippen LogP contribution >= 0.6 is 11.6 Å². The Morgan fingerprint density at radius 3 is 2.32 bits per heavy atom. The lowest BCUT2D eigenvalue weighted by molar-refractivity contribution is -0.139. The summed E-state index contributed by atoms with van der Waals surface area (Å²) >= 11 is 6.18. The van der Waals surface area contributed by atoms with Gasteiger partial charge in [-0.3, -0.25) is 13.9 Å². The molecule has 0 aliphatic rings. The number of carbonyl (C=O) groups is 2. The molecular weight excluding hydrogens is 510 g/mol. The molecule has 196 valence electrons. The Bertz CT molecular complexity index is 1330. The van der Waals surface area contributed by atoms with Crippen LogP contribution in [-0.4, -0.2) is 44.3 Å². The maximum atomic E-state index is 13.8. The molecule has 3 aromatic carbocycles. The SMILES string of the molecule is CCCNC(=O)[C@H](C)N(Cc1cccc(C)c1)C(=O)CN(c1cccc(Cl)c1)S(=O)(=O)c1ccccc1. The molecule has 0 spiro atoms. The van der Waals surface area contributed by atoms with Crippen LogP contribution in [0.25, 0.3) is 0 Å². The van der Waals surface area contributed by atoms with Crippen molar-refractivity contribution >= 4 is 39.1 Å². The number of anilines is 1. The van der Waals surface area contributed by atoms with Crippen molar-refractivity contribution in [3.05, 3.63) is 95.0 Å². The van der Waals surface area contributed by atoms with Gasteiger partial charge in [-0.05, 0) is 56.2 Å². The Morgan fingerprint density at radius 1 is 0.973 bits per heavy atom. The molecule has 37 heavy (non-hydrogen) atoms. The Hall–Kier alpha value is -3.36. The van der Waals surface area contributed by atoms with E-state index in [1.807, 2.05) is 38.1 Å². The van der Waals surface area contributed by atoms with Crippen molar-refractivity contribution in [2.75, 3.05) is 17.4 Å². The van der Waals surface area contributed by atoms with Gasteiger partial charge in [0.15, 0.2) is 0 Å². The molecular formula is C28H32ClN3O4S. The van der Waals surface area contributed by atoms with Gasteiger partial charge in [0.1, 0.15) is 12.6 Å². The number of rotatable bonds is 11. The lowest BCUT2D eigenvalue weighted by Crippen LogP contribution is -2.51. The predicted octanol–water partition coefficient (Wildman–Crippen LogP) is 4.79. The Morgan fingerprint density at radius 2 is 1.68 bits per heavy atom. The summed E-state index contributed by atoms with van der Waals surface area (Å²) in [4.78, 5) is 28.1. The van der Waals surface area contributed by atoms with E-state index in [1.54, 1.807) is 43.3 Å². The van der Waals surface area contributed by atoms with Gasteiger partial charge in [-0.25, -0.2) is 8.42 Å². The molecule has 1 N–H and O–H groups in total. The summed E-state index contributed by atoms with van der Waals surface area (Å²) in [6.45, 7) is 5.66. The van der Waals surface area contributed by atoms with Crippen molar-refractivity contribution in [3.63, 3.8) is 0 Å². The fourth-order valence-electron chi connectivity index (χ4n) is 3.87. The van der Waals surface area contributed by atoms with Crippen molar-refractivity contribution in [3.8, 4) is 0 Å². The number of carbonyl (C=O) groups excluding carboxylic acids is 2. The molecule has 3 rings (SSSR count). The minimum atomic E-state index is -4.11. The number of hydrogen-bond donors (Lipinski definition) is 1. The van der Waals surface area contributed by atoms with Crippen molar-refractivity contribution < 1.29 is 18.0 Å². The summed E-state index contributed by atoms with van der Waals surface area (Å²) in [6, 6.07) is 21.1. The van der Waals surface area contributed by atoms with Crippen LogP contribution in [0.3, 0.4) is 0 Å². The smallest absolute Gasteiger partial charge is 0.264 e. The largest absolute Gasteiger partial charge is 0.354 e. The minimum absolute atomic E-state index is 0.0433. The van der Waals surface area contributed by atoms with Crippen LogP contribution < -0.4 is 9.62 Å². The molecule has 0 heterocycles. The van der Waals surface area contributed by atoms with Crippen molar-refractivity contribution in [2.45, 2.75) is 44.7 Å². The molecule has 0 bridgehead atoms. The molecule has 0 unspecified atom stereocenters. The molecule has 0 fully saturated rings. The Kier molecular flexibility index (Phi) is 9.72. The van der Waals surface area contributed by atoms with E-state index >= 15 is 0 Å². The molecule has 2 amide bonds. The van der Waals surface area contributed by atoms with Gasteiger partial charge in [0, 0.05) is 18.1 Å². The van der Waals surface area contributed by atoms with E-state index in [-0.39, 0.29) is 23.0 Å². The highest BCUT2D eigenvalue weighted by Crippen LogP contribution is 2.26. The van der Waals surface area contributed by atoms with Crippen molar-refractivity contribution in [2.24, 2.45) is 0 Å². The summed E-state index contributed by atoms with van der Waals surface area (Å²) < 4.78 is 28.4. The van der Waals surface area contributed by atoms with Gasteiger partial charge >= 0.3 is 0 Å². The average molecular weight is 542 g/mol. The molecule has 3 aromatic rings. The standard InChI is InChI=1S/C28H32ClN3O4S/c1-4-16-30-28(34)22(3)31(19-23-11-8-10-21(2)17-23)27(33)20-32(25-13-9-12-24(29)18-25)37(35,36)26-14-6-5-7-15-26/h5-15,17-18,22H,4,16,19-20H2,1-3H3,(H,30,34)/t22-/m0/s1. The zero-order valence-corrected chi connectivity index (χ0v) is 22.8. The Labute approximate surface area is 224 Å². The van der Waals surface area contributed by atoms with E-state index in [4.69, 9.17) is 11.6 Å². The van der Waals surface area contributed by atoms with E-state index in [0.29, 0.717) is 11.6 Å². The molecule has 7 nitrogen and oxygen atoms in total. The Balaban J connectivity index is 2.01. The predicted molar refractivity (Wildman–Crippen MR) is 147 cm³/mol. The third kappa shape index (κ3) is 7.33. The zero-order chi connectivity index (χ0) is 27.0. The van der Waals surface area contributed by atoms with Crippen LogP contribution in [0.5, 0.6) is 0 Å². The second-order valence-electron chi connectivity index (χ2n) is 8.78. The monoisotopic (exact) mass is 541 g/mol. The van der Waals surface area contributed by atoms with Gasteiger partial charge in [-0.2, -0.15) is 0 Å². The minimum Gasteiger partial charge on any atom is -0.354 e. The topological polar surface area (TPSA) is 86.8 Å². The number of halogens is 1. The van der Waals surface area contributed by atoms with Gasteiger partial charge < -0.3 is 10.2 Å². The normalized spacial score (nSPS) is 12.0. The molecule has 0 saturated heterocycles. The van der Waals surface area contributed by atoms with E-state index < -0.39 is 28.5 Å². The fraction of sp³-hybridized carbons (Fsp3) is 0.286. The van der Waals surface area contributed by atoms with Crippen LogP contribution in [0.1, 0.15) is 31.4 Å². The van der Waals surface area contributed by atoms with Gasteiger partial charge in [-0.1, -0.05) is 72.6 Å². The molecule has 0 aromatic heterocycles. The van der Waals surface area contributed by atoms with Crippen LogP contribution in [-0.2, 0) is 26.2 Å². The summed E-state index contributed by atoms with van der Waals surface area (Å²) in [6.07, 6.45) is 0.752. The maximum absolute atomic E-state index is 13.8. The lowest BCUT2D eigenvalue weighted by atomic mass is 10.1. The summed E-state index contributed by atoms with van der Waals surface area (Å²) in [5.41, 5.74) is 2.10. The highest BCUT2D eigenvalue weighted by atomic mass is 35.5. The first kappa shape index (κ1) is 28.2. The van der Waals surface area contributed by atoms with Crippen LogP contribution in [0.15, 0.2) is 83.8 Å². The average Bonchev–Trinajstić information content (AvgIpc) is 2.88. The number of aryl methyl sites for hydroxylation is 1. The first-order valence-corrected chi connectivity index (χ1v) is 13.9. The fourth-order valence-corrected chi connectivity index (χ4v) is 5.48. The van der Waals surface area contributed by atoms with Gasteiger partial charge in [0.05, 0.1) is 10.6 Å². The summed E-state index contributed by atoms with van der Waals surface area (Å²) in [7, 11) is -4.11. The highest BCUT2D eigenvalue weighted by molar-refractivity contribution is 7.92. The highest BCUT2D eigenvalue weighted by Gasteiger charge is 2.32. The molecule has 0 saturated carbocycles. The van der Waals surface area contributed by atoms with Crippen LogP contribution in [0.2, 0.25) is 5.02 Å². The quantitative estimate of drug-likeness (QED) is 0.378. The van der Waals surface area contributed by atoms with E-state index in [2.05, 4.69) is 5.32 Å². The van der Waals surface area contributed by atoms with Crippen LogP contribution in [0, 0.1) is 6.92 Å². The second kappa shape index (κ2) is 12.7. The number of nitrogens with zero attached hydrogens (tertiary/aromatic N) is 2. The maximum Gasteiger partial charge on any atom is 0.264 e. The molecule has 9 heteroatoms. The third-order valence-electron chi connectivity index (χ3n) is 5.86. The molecule has 0 aliphatic carbocycles. The van der Waals surface area contributed by atoms with E-state index in [1.165, 1.54) is 23.1 Å². The third-order valence-corrected chi connectivity index (χ3v) is 7.88. The van der Waals surface area contributed by atoms with Crippen molar-refractivity contribution in [1.29, 1.82) is 0 Å². The number of nitrogens with one attached hydrogen (secondary N) is 1. The molecule has 0 aliphatic heterocycles. The van der Waals surface area contributed by atoms with Crippen LogP contribution in [0.4, 0.5) is 5.69 Å². The van der Waals surface area contributed by atoms with E-state index in [9.17, 15) is 18.0 Å². The zero-order valence-electron chi connectivity index (χ0n) is 21.2. The van der Waals surface area contributed by atoms with Gasteiger partial charge in [0.2, 0.25) is 11.8 Å².